The molecular formula is C9H8N2S. The summed E-state index contributed by atoms with van der Waals surface area (Å²) in [4.78, 5) is 0.947. The molecule has 1 heterocycles. The van der Waals surface area contributed by atoms with Crippen LogP contribution in [0.3, 0.4) is 0 Å². The summed E-state index contributed by atoms with van der Waals surface area (Å²) in [5, 5.41) is 4.11. The standard InChI is InChI=1S/C9H8N2S/c12-9-4-1-3-8(7-9)11-6-2-5-10-11/h1-7,12H. The van der Waals surface area contributed by atoms with Gasteiger partial charge >= 0.3 is 0 Å². The van der Waals surface area contributed by atoms with Gasteiger partial charge in [-0.1, -0.05) is 6.07 Å². The summed E-state index contributed by atoms with van der Waals surface area (Å²) < 4.78 is 1.81. The Morgan fingerprint density at radius 3 is 2.83 bits per heavy atom. The number of hydrogen-bond acceptors (Lipinski definition) is 2. The molecule has 0 N–H and O–H groups in total. The van der Waals surface area contributed by atoms with Crippen LogP contribution in [0.4, 0.5) is 0 Å². The van der Waals surface area contributed by atoms with Crippen molar-refractivity contribution in [2.45, 2.75) is 4.90 Å². The molecule has 0 spiro atoms. The first-order chi connectivity index (χ1) is 5.86. The first-order valence-corrected chi connectivity index (χ1v) is 4.10. The van der Waals surface area contributed by atoms with E-state index in [1.807, 2.05) is 36.5 Å². The lowest BCUT2D eigenvalue weighted by atomic mass is 10.3. The van der Waals surface area contributed by atoms with Crippen molar-refractivity contribution in [3.8, 4) is 5.69 Å². The van der Waals surface area contributed by atoms with Crippen LogP contribution >= 0.6 is 12.6 Å². The van der Waals surface area contributed by atoms with Crippen molar-refractivity contribution >= 4 is 12.6 Å². The van der Waals surface area contributed by atoms with Crippen LogP contribution in [0.15, 0.2) is 47.6 Å². The maximum absolute atomic E-state index is 4.24. The Morgan fingerprint density at radius 1 is 1.25 bits per heavy atom. The molecule has 0 atom stereocenters. The highest BCUT2D eigenvalue weighted by Gasteiger charge is 1.94. The molecule has 1 aromatic carbocycles. The van der Waals surface area contributed by atoms with Gasteiger partial charge in [0.15, 0.2) is 0 Å². The van der Waals surface area contributed by atoms with Crippen molar-refractivity contribution in [2.75, 3.05) is 0 Å². The zero-order chi connectivity index (χ0) is 8.39. The lowest BCUT2D eigenvalue weighted by Crippen LogP contribution is -1.92. The molecule has 60 valence electrons. The number of nitrogens with zero attached hydrogens (tertiary/aromatic N) is 2. The molecule has 3 heteroatoms. The number of benzene rings is 1. The predicted molar refractivity (Wildman–Crippen MR) is 50.8 cm³/mol. The quantitative estimate of drug-likeness (QED) is 0.659. The first-order valence-electron chi connectivity index (χ1n) is 3.65. The molecule has 1 aromatic heterocycles. The van der Waals surface area contributed by atoms with E-state index in [-0.39, 0.29) is 0 Å². The first kappa shape index (κ1) is 7.43. The molecule has 0 aliphatic heterocycles. The van der Waals surface area contributed by atoms with Crippen LogP contribution in [0.25, 0.3) is 5.69 Å². The highest BCUT2D eigenvalue weighted by atomic mass is 32.1. The summed E-state index contributed by atoms with van der Waals surface area (Å²) >= 11 is 4.24. The van der Waals surface area contributed by atoms with Gasteiger partial charge in [-0.15, -0.1) is 12.6 Å². The maximum Gasteiger partial charge on any atom is 0.0656 e. The van der Waals surface area contributed by atoms with Crippen molar-refractivity contribution in [3.63, 3.8) is 0 Å². The monoisotopic (exact) mass is 176 g/mol. The smallest absolute Gasteiger partial charge is 0.0656 e. The van der Waals surface area contributed by atoms with Gasteiger partial charge < -0.3 is 0 Å². The van der Waals surface area contributed by atoms with Crippen LogP contribution in [0, 0.1) is 0 Å². The molecule has 0 radical (unpaired) electrons. The van der Waals surface area contributed by atoms with E-state index in [2.05, 4.69) is 17.7 Å². The second kappa shape index (κ2) is 3.03. The van der Waals surface area contributed by atoms with E-state index in [9.17, 15) is 0 Å². The Balaban J connectivity index is 2.48. The van der Waals surface area contributed by atoms with Gasteiger partial charge in [0, 0.05) is 17.3 Å². The zero-order valence-corrected chi connectivity index (χ0v) is 7.28. The molecule has 0 aliphatic rings. The molecule has 0 bridgehead atoms. The van der Waals surface area contributed by atoms with Gasteiger partial charge in [0.2, 0.25) is 0 Å². The molecule has 0 unspecified atom stereocenters. The van der Waals surface area contributed by atoms with Gasteiger partial charge in [-0.2, -0.15) is 5.10 Å². The van der Waals surface area contributed by atoms with E-state index in [0.717, 1.165) is 10.6 Å². The van der Waals surface area contributed by atoms with Crippen LogP contribution < -0.4 is 0 Å². The molecule has 0 saturated carbocycles. The fourth-order valence-corrected chi connectivity index (χ4v) is 1.28. The summed E-state index contributed by atoms with van der Waals surface area (Å²) in [5.74, 6) is 0. The number of aromatic nitrogens is 2. The van der Waals surface area contributed by atoms with Crippen LogP contribution in [0.1, 0.15) is 0 Å². The van der Waals surface area contributed by atoms with Gasteiger partial charge in [0.25, 0.3) is 0 Å². The van der Waals surface area contributed by atoms with Gasteiger partial charge in [0.05, 0.1) is 5.69 Å². The largest absolute Gasteiger partial charge is 0.241 e. The summed E-state index contributed by atoms with van der Waals surface area (Å²) in [7, 11) is 0. The predicted octanol–water partition coefficient (Wildman–Crippen LogP) is 2.16. The number of hydrogen-bond donors (Lipinski definition) is 1. The van der Waals surface area contributed by atoms with Crippen molar-refractivity contribution in [1.29, 1.82) is 0 Å². The van der Waals surface area contributed by atoms with Crippen molar-refractivity contribution < 1.29 is 0 Å². The van der Waals surface area contributed by atoms with Gasteiger partial charge in [-0.25, -0.2) is 4.68 Å². The lowest BCUT2D eigenvalue weighted by molar-refractivity contribution is 0.877. The van der Waals surface area contributed by atoms with Crippen LogP contribution in [-0.4, -0.2) is 9.78 Å². The minimum atomic E-state index is 0.947. The van der Waals surface area contributed by atoms with Gasteiger partial charge in [-0.05, 0) is 24.3 Å². The molecule has 2 rings (SSSR count). The summed E-state index contributed by atoms with van der Waals surface area (Å²) in [6.45, 7) is 0. The maximum atomic E-state index is 4.24. The number of rotatable bonds is 1. The third-order valence-electron chi connectivity index (χ3n) is 1.60. The second-order valence-corrected chi connectivity index (χ2v) is 2.99. The summed E-state index contributed by atoms with van der Waals surface area (Å²) in [6, 6.07) is 9.75. The fraction of sp³-hybridized carbons (Fsp3) is 0. The van der Waals surface area contributed by atoms with E-state index in [1.165, 1.54) is 0 Å². The Labute approximate surface area is 76.3 Å². The van der Waals surface area contributed by atoms with E-state index < -0.39 is 0 Å². The van der Waals surface area contributed by atoms with E-state index in [1.54, 1.807) is 10.9 Å². The second-order valence-electron chi connectivity index (χ2n) is 2.47. The van der Waals surface area contributed by atoms with Crippen molar-refractivity contribution in [3.05, 3.63) is 42.7 Å². The lowest BCUT2D eigenvalue weighted by Gasteiger charge is -2.00. The molecular weight excluding hydrogens is 168 g/mol. The Hall–Kier alpha value is -1.22. The Kier molecular flexibility index (Phi) is 1.87. The molecule has 2 nitrogen and oxygen atoms in total. The van der Waals surface area contributed by atoms with E-state index >= 15 is 0 Å². The average molecular weight is 176 g/mol. The van der Waals surface area contributed by atoms with E-state index in [0.29, 0.717) is 0 Å². The van der Waals surface area contributed by atoms with Crippen LogP contribution in [0.5, 0.6) is 0 Å². The van der Waals surface area contributed by atoms with Crippen LogP contribution in [0.2, 0.25) is 0 Å². The number of thiol groups is 1. The zero-order valence-electron chi connectivity index (χ0n) is 6.38. The molecule has 2 aromatic rings. The van der Waals surface area contributed by atoms with E-state index in [4.69, 9.17) is 0 Å². The third kappa shape index (κ3) is 1.36. The summed E-state index contributed by atoms with van der Waals surface area (Å²) in [6.07, 6.45) is 3.66. The Bertz CT molecular complexity index is 368. The SMILES string of the molecule is Sc1cccc(-n2cccn2)c1. The summed E-state index contributed by atoms with van der Waals surface area (Å²) in [5.41, 5.74) is 1.03. The minimum Gasteiger partial charge on any atom is -0.241 e. The topological polar surface area (TPSA) is 17.8 Å². The van der Waals surface area contributed by atoms with Crippen molar-refractivity contribution in [2.24, 2.45) is 0 Å². The molecule has 0 aliphatic carbocycles. The minimum absolute atomic E-state index is 0.947. The molecule has 0 saturated heterocycles. The van der Waals surface area contributed by atoms with Gasteiger partial charge in [0.1, 0.15) is 0 Å². The van der Waals surface area contributed by atoms with Crippen LogP contribution in [-0.2, 0) is 0 Å². The average Bonchev–Trinajstić information content (AvgIpc) is 2.56. The highest BCUT2D eigenvalue weighted by molar-refractivity contribution is 7.80. The molecule has 12 heavy (non-hydrogen) atoms. The van der Waals surface area contributed by atoms with Gasteiger partial charge in [-0.3, -0.25) is 0 Å². The Morgan fingerprint density at radius 2 is 2.17 bits per heavy atom. The third-order valence-corrected chi connectivity index (χ3v) is 1.88. The molecule has 0 fully saturated rings. The molecule has 0 amide bonds. The normalized spacial score (nSPS) is 10.1. The fourth-order valence-electron chi connectivity index (χ4n) is 1.06. The van der Waals surface area contributed by atoms with Crippen molar-refractivity contribution in [1.82, 2.24) is 9.78 Å². The highest BCUT2D eigenvalue weighted by Crippen LogP contribution is 2.11.